The number of hydrogen-bond donors (Lipinski definition) is 6. The average Bonchev–Trinajstić information content (AvgIpc) is 2.98. The van der Waals surface area contributed by atoms with Crippen molar-refractivity contribution in [3.05, 3.63) is 87.1 Å². The van der Waals surface area contributed by atoms with Gasteiger partial charge < -0.3 is 31.5 Å². The Morgan fingerprint density at radius 3 is 2.42 bits per heavy atom. The number of aromatic hydroxyl groups is 1. The molecule has 1 aliphatic heterocycles. The number of phenols is 1. The van der Waals surface area contributed by atoms with E-state index in [2.05, 4.69) is 22.3 Å². The summed E-state index contributed by atoms with van der Waals surface area (Å²) in [4.78, 5) is 41.1. The number of likely N-dealkylation sites (tertiary alicyclic amines) is 1. The zero-order chi connectivity index (χ0) is 30.8. The lowest BCUT2D eigenvalue weighted by molar-refractivity contribution is -0.146. The molecule has 3 aliphatic carbocycles. The second kappa shape index (κ2) is 10.6. The standard InChI is InChI=1S/C32H34FN3O7/c1-35-26-20-12-17-11-19-23(27(38)22(17)29(40)32(20,43)30(41)24(28(26)39)31(34)42)21(37)13-18(25(19)33)14-36-9-7-16(8-10-36)15-5-3-2-4-6-15/h2-6,13,16-17,20,26,35,37,39-40,43H,7-12,14H2,1H3,(H2,34,42)/t17-,20-,26-,32-/m0/s1. The molecule has 7 N–H and O–H groups in total. The largest absolute Gasteiger partial charge is 0.510 e. The summed E-state index contributed by atoms with van der Waals surface area (Å²) in [7, 11) is 1.43. The third-order valence-corrected chi connectivity index (χ3v) is 9.77. The fourth-order valence-corrected chi connectivity index (χ4v) is 7.62. The molecule has 0 spiro atoms. The zero-order valence-corrected chi connectivity index (χ0v) is 23.6. The predicted octanol–water partition coefficient (Wildman–Crippen LogP) is 2.30. The number of nitrogens with zero attached hydrogens (tertiary/aromatic N) is 1. The van der Waals surface area contributed by atoms with Crippen molar-refractivity contribution in [1.82, 2.24) is 10.2 Å². The van der Waals surface area contributed by atoms with Crippen molar-refractivity contribution >= 4 is 17.5 Å². The van der Waals surface area contributed by atoms with Crippen molar-refractivity contribution in [1.29, 1.82) is 0 Å². The smallest absolute Gasteiger partial charge is 0.255 e. The van der Waals surface area contributed by atoms with Crippen LogP contribution in [0.3, 0.4) is 0 Å². The summed E-state index contributed by atoms with van der Waals surface area (Å²) < 4.78 is 16.1. The number of fused-ring (bicyclic) bond motifs is 3. The maximum Gasteiger partial charge on any atom is 0.255 e. The third-order valence-electron chi connectivity index (χ3n) is 9.77. The second-order valence-corrected chi connectivity index (χ2v) is 12.0. The number of nitrogens with two attached hydrogens (primary N) is 1. The molecule has 2 aromatic rings. The van der Waals surface area contributed by atoms with Gasteiger partial charge in [0.2, 0.25) is 5.78 Å². The van der Waals surface area contributed by atoms with Gasteiger partial charge in [-0.05, 0) is 69.3 Å². The van der Waals surface area contributed by atoms with Crippen LogP contribution < -0.4 is 11.1 Å². The highest BCUT2D eigenvalue weighted by atomic mass is 19.1. The molecule has 43 heavy (non-hydrogen) atoms. The first-order valence-corrected chi connectivity index (χ1v) is 14.4. The van der Waals surface area contributed by atoms with E-state index in [1.807, 2.05) is 18.2 Å². The van der Waals surface area contributed by atoms with Gasteiger partial charge in [0.25, 0.3) is 5.91 Å². The van der Waals surface area contributed by atoms with Crippen LogP contribution in [0, 0.1) is 17.7 Å². The highest BCUT2D eigenvalue weighted by Crippen LogP contribution is 2.52. The number of piperidine rings is 1. The summed E-state index contributed by atoms with van der Waals surface area (Å²) in [6, 6.07) is 10.3. The first-order valence-electron chi connectivity index (χ1n) is 14.4. The first kappa shape index (κ1) is 29.0. The van der Waals surface area contributed by atoms with Gasteiger partial charge in [-0.3, -0.25) is 19.3 Å². The predicted molar refractivity (Wildman–Crippen MR) is 153 cm³/mol. The highest BCUT2D eigenvalue weighted by molar-refractivity contribution is 6.24. The zero-order valence-electron chi connectivity index (χ0n) is 23.6. The normalized spacial score (nSPS) is 28.0. The molecule has 1 heterocycles. The minimum atomic E-state index is -2.73. The van der Waals surface area contributed by atoms with Crippen LogP contribution in [-0.2, 0) is 22.6 Å². The monoisotopic (exact) mass is 591 g/mol. The van der Waals surface area contributed by atoms with Gasteiger partial charge in [0.15, 0.2) is 11.4 Å². The average molecular weight is 592 g/mol. The molecule has 226 valence electrons. The summed E-state index contributed by atoms with van der Waals surface area (Å²) in [6.45, 7) is 1.72. The fourth-order valence-electron chi connectivity index (χ4n) is 7.62. The Hall–Kier alpha value is -4.06. The number of hydrogen-bond acceptors (Lipinski definition) is 9. The van der Waals surface area contributed by atoms with E-state index in [0.717, 1.165) is 25.9 Å². The highest BCUT2D eigenvalue weighted by Gasteiger charge is 2.62. The van der Waals surface area contributed by atoms with E-state index in [4.69, 9.17) is 5.73 Å². The summed E-state index contributed by atoms with van der Waals surface area (Å²) in [5.41, 5.74) is 2.57. The number of carbonyl (C=O) groups excluding carboxylic acids is 3. The van der Waals surface area contributed by atoms with Crippen LogP contribution in [0.15, 0.2) is 59.1 Å². The maximum atomic E-state index is 16.1. The Morgan fingerprint density at radius 1 is 1.12 bits per heavy atom. The SMILES string of the molecule is CN[C@@H]1C(O)=C(C(N)=O)C(=O)[C@@]2(O)C(O)=C3C(=O)c4c(O)cc(CN5CCC(c6ccccc6)CC5)c(F)c4C[C@H]3C[C@@H]12. The molecule has 1 saturated heterocycles. The Kier molecular flexibility index (Phi) is 7.15. The number of allylic oxidation sites excluding steroid dienone is 1. The van der Waals surface area contributed by atoms with Gasteiger partial charge in [0.1, 0.15) is 28.7 Å². The number of rotatable bonds is 5. The number of carbonyl (C=O) groups is 3. The number of benzene rings is 2. The number of likely N-dealkylation sites (N-methyl/N-ethyl adjacent to an activating group) is 1. The van der Waals surface area contributed by atoms with E-state index in [0.29, 0.717) is 5.92 Å². The Balaban J connectivity index is 1.32. The van der Waals surface area contributed by atoms with Crippen molar-refractivity contribution in [2.45, 2.75) is 49.8 Å². The lowest BCUT2D eigenvalue weighted by atomic mass is 9.58. The Morgan fingerprint density at radius 2 is 1.79 bits per heavy atom. The summed E-state index contributed by atoms with van der Waals surface area (Å²) in [5, 5.41) is 47.2. The van der Waals surface area contributed by atoms with Crippen LogP contribution in [-0.4, -0.2) is 74.6 Å². The van der Waals surface area contributed by atoms with Gasteiger partial charge in [0.05, 0.1) is 11.6 Å². The molecule has 0 saturated carbocycles. The second-order valence-electron chi connectivity index (χ2n) is 12.0. The summed E-state index contributed by atoms with van der Waals surface area (Å²) >= 11 is 0. The molecular weight excluding hydrogens is 557 g/mol. The van der Waals surface area contributed by atoms with E-state index in [-0.39, 0.29) is 41.6 Å². The number of aliphatic hydroxyl groups excluding tert-OH is 2. The number of primary amides is 1. The van der Waals surface area contributed by atoms with Gasteiger partial charge in [-0.1, -0.05) is 30.3 Å². The quantitative estimate of drug-likeness (QED) is 0.285. The van der Waals surface area contributed by atoms with E-state index in [1.165, 1.54) is 18.7 Å². The number of amides is 1. The van der Waals surface area contributed by atoms with Crippen LogP contribution in [0.1, 0.15) is 52.2 Å². The van der Waals surface area contributed by atoms with Gasteiger partial charge in [-0.2, -0.15) is 0 Å². The van der Waals surface area contributed by atoms with Gasteiger partial charge >= 0.3 is 0 Å². The molecule has 0 unspecified atom stereocenters. The lowest BCUT2D eigenvalue weighted by Crippen LogP contribution is -2.63. The van der Waals surface area contributed by atoms with Crippen LogP contribution in [0.25, 0.3) is 0 Å². The summed E-state index contributed by atoms with van der Waals surface area (Å²) in [5.74, 6) is -7.86. The van der Waals surface area contributed by atoms with E-state index in [9.17, 15) is 34.8 Å². The van der Waals surface area contributed by atoms with Crippen LogP contribution in [0.2, 0.25) is 0 Å². The molecule has 11 heteroatoms. The number of ketones is 2. The third kappa shape index (κ3) is 4.37. The van der Waals surface area contributed by atoms with Gasteiger partial charge in [-0.15, -0.1) is 0 Å². The minimum Gasteiger partial charge on any atom is -0.510 e. The number of phenolic OH excluding ortho intramolecular Hbond substituents is 1. The maximum absolute atomic E-state index is 16.1. The van der Waals surface area contributed by atoms with E-state index < -0.39 is 69.6 Å². The van der Waals surface area contributed by atoms with Crippen molar-refractivity contribution in [2.75, 3.05) is 20.1 Å². The Labute approximate surface area is 247 Å². The molecule has 0 aromatic heterocycles. The number of halogens is 1. The molecular formula is C32H34FN3O7. The van der Waals surface area contributed by atoms with Crippen LogP contribution >= 0.6 is 0 Å². The fraction of sp³-hybridized carbons (Fsp3) is 0.406. The van der Waals surface area contributed by atoms with Gasteiger partial charge in [-0.25, -0.2) is 4.39 Å². The van der Waals surface area contributed by atoms with Crippen molar-refractivity contribution in [3.63, 3.8) is 0 Å². The van der Waals surface area contributed by atoms with Gasteiger partial charge in [0, 0.05) is 29.2 Å². The number of Topliss-reactive ketones (excluding diaryl/α,β-unsaturated/α-hetero) is 2. The number of aliphatic hydroxyl groups is 3. The molecule has 0 bridgehead atoms. The number of nitrogens with one attached hydrogen (secondary N) is 1. The lowest BCUT2D eigenvalue weighted by Gasteiger charge is -2.48. The van der Waals surface area contributed by atoms with E-state index in [1.54, 1.807) is 0 Å². The van der Waals surface area contributed by atoms with Crippen molar-refractivity contribution in [2.24, 2.45) is 17.6 Å². The summed E-state index contributed by atoms with van der Waals surface area (Å²) in [6.07, 6.45) is 1.62. The molecule has 4 atom stereocenters. The van der Waals surface area contributed by atoms with Crippen LogP contribution in [0.5, 0.6) is 5.75 Å². The molecule has 6 rings (SSSR count). The first-order chi connectivity index (χ1) is 20.5. The van der Waals surface area contributed by atoms with E-state index >= 15 is 4.39 Å². The van der Waals surface area contributed by atoms with Crippen molar-refractivity contribution in [3.8, 4) is 5.75 Å². The molecule has 4 aliphatic rings. The van der Waals surface area contributed by atoms with Crippen molar-refractivity contribution < 1.29 is 39.2 Å². The molecule has 10 nitrogen and oxygen atoms in total. The Bertz CT molecular complexity index is 1600. The molecule has 1 fully saturated rings. The molecule has 2 aromatic carbocycles. The topological polar surface area (TPSA) is 173 Å². The molecule has 1 amide bonds. The van der Waals surface area contributed by atoms with Crippen LogP contribution in [0.4, 0.5) is 4.39 Å². The minimum absolute atomic E-state index is 0.00638. The molecule has 0 radical (unpaired) electrons.